The van der Waals surface area contributed by atoms with Gasteiger partial charge in [-0.25, -0.2) is 0 Å². The Morgan fingerprint density at radius 1 is 1.18 bits per heavy atom. The van der Waals surface area contributed by atoms with Crippen molar-refractivity contribution in [3.05, 3.63) is 0 Å². The predicted molar refractivity (Wildman–Crippen MR) is 67.7 cm³/mol. The van der Waals surface area contributed by atoms with Crippen LogP contribution in [0.25, 0.3) is 0 Å². The Hall–Kier alpha value is -0.570. The highest BCUT2D eigenvalue weighted by molar-refractivity contribution is 5.67. The van der Waals surface area contributed by atoms with E-state index in [9.17, 15) is 4.79 Å². The first-order chi connectivity index (χ1) is 8.15. The van der Waals surface area contributed by atoms with E-state index in [0.717, 1.165) is 24.7 Å². The summed E-state index contributed by atoms with van der Waals surface area (Å²) in [4.78, 5) is 11.0. The summed E-state index contributed by atoms with van der Waals surface area (Å²) >= 11 is 0. The van der Waals surface area contributed by atoms with Crippen LogP contribution in [0.3, 0.4) is 0 Å². The SMILES string of the molecule is NC[C@]1(CC(=O)O)CC[C@H]2CCCCC[C@H]2C1. The maximum atomic E-state index is 11.0. The molecule has 0 radical (unpaired) electrons. The first-order valence-electron chi connectivity index (χ1n) is 7.07. The molecule has 0 heterocycles. The minimum Gasteiger partial charge on any atom is -0.481 e. The lowest BCUT2D eigenvalue weighted by molar-refractivity contribution is -0.140. The van der Waals surface area contributed by atoms with Crippen LogP contribution in [0, 0.1) is 17.3 Å². The number of fused-ring (bicyclic) bond motifs is 1. The molecular formula is C14H25NO2. The highest BCUT2D eigenvalue weighted by Crippen LogP contribution is 2.48. The Balaban J connectivity index is 2.04. The summed E-state index contributed by atoms with van der Waals surface area (Å²) in [6, 6.07) is 0. The number of rotatable bonds is 3. The Morgan fingerprint density at radius 2 is 1.88 bits per heavy atom. The second-order valence-electron chi connectivity index (χ2n) is 6.18. The highest BCUT2D eigenvalue weighted by Gasteiger charge is 2.41. The Bertz CT molecular complexity index is 279. The zero-order valence-electron chi connectivity index (χ0n) is 10.7. The van der Waals surface area contributed by atoms with Gasteiger partial charge in [0, 0.05) is 0 Å². The lowest BCUT2D eigenvalue weighted by Gasteiger charge is -2.43. The van der Waals surface area contributed by atoms with Crippen molar-refractivity contribution >= 4 is 5.97 Å². The maximum Gasteiger partial charge on any atom is 0.303 e. The molecule has 3 heteroatoms. The zero-order chi connectivity index (χ0) is 12.3. The Labute approximate surface area is 104 Å². The number of carboxylic acids is 1. The number of aliphatic carboxylic acids is 1. The summed E-state index contributed by atoms with van der Waals surface area (Å²) in [7, 11) is 0. The molecule has 0 bridgehead atoms. The van der Waals surface area contributed by atoms with Crippen molar-refractivity contribution in [1.82, 2.24) is 0 Å². The average molecular weight is 239 g/mol. The van der Waals surface area contributed by atoms with Crippen molar-refractivity contribution in [1.29, 1.82) is 0 Å². The molecule has 0 unspecified atom stereocenters. The fraction of sp³-hybridized carbons (Fsp3) is 0.929. The van der Waals surface area contributed by atoms with Gasteiger partial charge in [0.1, 0.15) is 0 Å². The standard InChI is InChI=1S/C14H25NO2/c15-10-14(9-13(16)17)7-6-11-4-2-1-3-5-12(11)8-14/h11-12H,1-10,15H2,(H,16,17)/t11-,12+,14-/m1/s1. The molecular weight excluding hydrogens is 214 g/mol. The fourth-order valence-electron chi connectivity index (χ4n) is 4.00. The summed E-state index contributed by atoms with van der Waals surface area (Å²) in [6.45, 7) is 0.544. The fourth-order valence-corrected chi connectivity index (χ4v) is 4.00. The van der Waals surface area contributed by atoms with Crippen molar-refractivity contribution in [3.63, 3.8) is 0 Å². The molecule has 3 N–H and O–H groups in total. The summed E-state index contributed by atoms with van der Waals surface area (Å²) in [6.07, 6.45) is 10.3. The molecule has 2 rings (SSSR count). The molecule has 0 aliphatic heterocycles. The van der Waals surface area contributed by atoms with Gasteiger partial charge >= 0.3 is 5.97 Å². The van der Waals surface area contributed by atoms with Gasteiger partial charge in [0.05, 0.1) is 6.42 Å². The van der Waals surface area contributed by atoms with Crippen molar-refractivity contribution < 1.29 is 9.90 Å². The van der Waals surface area contributed by atoms with E-state index in [4.69, 9.17) is 10.8 Å². The van der Waals surface area contributed by atoms with Crippen LogP contribution >= 0.6 is 0 Å². The highest BCUT2D eigenvalue weighted by atomic mass is 16.4. The van der Waals surface area contributed by atoms with Gasteiger partial charge in [-0.15, -0.1) is 0 Å². The van der Waals surface area contributed by atoms with Crippen molar-refractivity contribution in [2.75, 3.05) is 6.54 Å². The van der Waals surface area contributed by atoms with E-state index in [-0.39, 0.29) is 11.8 Å². The van der Waals surface area contributed by atoms with Gasteiger partial charge < -0.3 is 10.8 Å². The Morgan fingerprint density at radius 3 is 2.53 bits per heavy atom. The first kappa shape index (κ1) is 12.9. The lowest BCUT2D eigenvalue weighted by Crippen LogP contribution is -2.40. The average Bonchev–Trinajstić information content (AvgIpc) is 2.52. The molecule has 0 amide bonds. The van der Waals surface area contributed by atoms with E-state index in [2.05, 4.69) is 0 Å². The van der Waals surface area contributed by atoms with Crippen LogP contribution in [0.1, 0.15) is 57.8 Å². The third kappa shape index (κ3) is 3.01. The molecule has 2 aliphatic carbocycles. The van der Waals surface area contributed by atoms with Gasteiger partial charge in [0.25, 0.3) is 0 Å². The minimum atomic E-state index is -0.678. The van der Waals surface area contributed by atoms with E-state index in [1.807, 2.05) is 0 Å². The van der Waals surface area contributed by atoms with E-state index < -0.39 is 5.97 Å². The summed E-state index contributed by atoms with van der Waals surface area (Å²) < 4.78 is 0. The molecule has 0 aromatic rings. The first-order valence-corrected chi connectivity index (χ1v) is 7.07. The van der Waals surface area contributed by atoms with Crippen LogP contribution in [0.2, 0.25) is 0 Å². The molecule has 0 aromatic carbocycles. The van der Waals surface area contributed by atoms with E-state index in [1.54, 1.807) is 0 Å². The van der Waals surface area contributed by atoms with Gasteiger partial charge in [-0.2, -0.15) is 0 Å². The molecule has 0 spiro atoms. The van der Waals surface area contributed by atoms with Crippen LogP contribution in [-0.2, 0) is 4.79 Å². The molecule has 3 nitrogen and oxygen atoms in total. The quantitative estimate of drug-likeness (QED) is 0.796. The monoisotopic (exact) mass is 239 g/mol. The third-order valence-electron chi connectivity index (χ3n) is 5.02. The number of nitrogens with two attached hydrogens (primary N) is 1. The molecule has 2 fully saturated rings. The van der Waals surface area contributed by atoms with Gasteiger partial charge in [0.15, 0.2) is 0 Å². The van der Waals surface area contributed by atoms with Crippen molar-refractivity contribution in [2.24, 2.45) is 23.0 Å². The number of carbonyl (C=O) groups is 1. The van der Waals surface area contributed by atoms with Crippen LogP contribution in [0.5, 0.6) is 0 Å². The van der Waals surface area contributed by atoms with Crippen molar-refractivity contribution in [3.8, 4) is 0 Å². The predicted octanol–water partition coefficient (Wildman–Crippen LogP) is 2.79. The molecule has 2 aliphatic rings. The van der Waals surface area contributed by atoms with Crippen LogP contribution in [0.4, 0.5) is 0 Å². The van der Waals surface area contributed by atoms with E-state index in [0.29, 0.717) is 6.54 Å². The van der Waals surface area contributed by atoms with Gasteiger partial charge in [-0.05, 0) is 43.1 Å². The normalized spacial score (nSPS) is 38.2. The molecule has 0 aromatic heterocycles. The summed E-state index contributed by atoms with van der Waals surface area (Å²) in [5, 5.41) is 9.06. The largest absolute Gasteiger partial charge is 0.481 e. The van der Waals surface area contributed by atoms with Crippen LogP contribution in [-0.4, -0.2) is 17.6 Å². The minimum absolute atomic E-state index is 0.0999. The lowest BCUT2D eigenvalue weighted by atomic mass is 9.62. The number of hydrogen-bond donors (Lipinski definition) is 2. The second-order valence-corrected chi connectivity index (χ2v) is 6.18. The van der Waals surface area contributed by atoms with E-state index >= 15 is 0 Å². The van der Waals surface area contributed by atoms with Crippen molar-refractivity contribution in [2.45, 2.75) is 57.8 Å². The van der Waals surface area contributed by atoms with Gasteiger partial charge in [0.2, 0.25) is 0 Å². The zero-order valence-corrected chi connectivity index (χ0v) is 10.7. The topological polar surface area (TPSA) is 63.3 Å². The molecule has 98 valence electrons. The summed E-state index contributed by atoms with van der Waals surface area (Å²) in [5.41, 5.74) is 5.78. The molecule has 17 heavy (non-hydrogen) atoms. The number of carboxylic acid groups (broad SMARTS) is 1. The maximum absolute atomic E-state index is 11.0. The number of hydrogen-bond acceptors (Lipinski definition) is 2. The van der Waals surface area contributed by atoms with Gasteiger partial charge in [-0.3, -0.25) is 4.79 Å². The Kier molecular flexibility index (Phi) is 4.08. The van der Waals surface area contributed by atoms with Crippen LogP contribution in [0.15, 0.2) is 0 Å². The van der Waals surface area contributed by atoms with Gasteiger partial charge in [-0.1, -0.05) is 32.1 Å². The smallest absolute Gasteiger partial charge is 0.303 e. The molecule has 0 saturated heterocycles. The summed E-state index contributed by atoms with van der Waals surface area (Å²) in [5.74, 6) is 0.919. The molecule has 3 atom stereocenters. The second kappa shape index (κ2) is 5.38. The molecule has 2 saturated carbocycles. The van der Waals surface area contributed by atoms with Crippen LogP contribution < -0.4 is 5.73 Å². The third-order valence-corrected chi connectivity index (χ3v) is 5.02. The van der Waals surface area contributed by atoms with E-state index in [1.165, 1.54) is 38.5 Å².